The predicted octanol–water partition coefficient (Wildman–Crippen LogP) is 1.39. The number of pyridine rings is 1. The molecule has 0 N–H and O–H groups in total. The van der Waals surface area contributed by atoms with Gasteiger partial charge in [-0.05, 0) is 18.2 Å². The number of hydrogen-bond acceptors (Lipinski definition) is 5. The Morgan fingerprint density at radius 1 is 1.09 bits per heavy atom. The van der Waals surface area contributed by atoms with Gasteiger partial charge in [-0.3, -0.25) is 9.36 Å². The lowest BCUT2D eigenvalue weighted by atomic mass is 10.3. The van der Waals surface area contributed by atoms with Crippen LogP contribution in [0.2, 0.25) is 0 Å². The Morgan fingerprint density at radius 3 is 2.68 bits per heavy atom. The SMILES string of the molecule is CCc1nc2nnc3c(=O)n(-c4ccccc4)ccc3n2n1. The maximum Gasteiger partial charge on any atom is 0.285 e. The van der Waals surface area contributed by atoms with Gasteiger partial charge in [-0.2, -0.15) is 9.50 Å². The fourth-order valence-corrected chi connectivity index (χ4v) is 2.39. The molecule has 0 unspecified atom stereocenters. The first kappa shape index (κ1) is 12.6. The normalized spacial score (nSPS) is 11.3. The number of aromatic nitrogens is 6. The molecule has 0 spiro atoms. The smallest absolute Gasteiger partial charge is 0.282 e. The van der Waals surface area contributed by atoms with Crippen molar-refractivity contribution in [2.75, 3.05) is 0 Å². The first-order valence-corrected chi connectivity index (χ1v) is 6.97. The summed E-state index contributed by atoms with van der Waals surface area (Å²) in [6.07, 6.45) is 2.42. The Balaban J connectivity index is 2.04. The summed E-state index contributed by atoms with van der Waals surface area (Å²) in [6, 6.07) is 11.2. The van der Waals surface area contributed by atoms with Gasteiger partial charge in [-0.1, -0.05) is 25.1 Å². The van der Waals surface area contributed by atoms with Gasteiger partial charge in [-0.25, -0.2) is 0 Å². The van der Waals surface area contributed by atoms with E-state index in [-0.39, 0.29) is 11.1 Å². The van der Waals surface area contributed by atoms with Gasteiger partial charge >= 0.3 is 0 Å². The minimum atomic E-state index is -0.230. The molecule has 3 heterocycles. The molecule has 4 aromatic rings. The lowest BCUT2D eigenvalue weighted by molar-refractivity contribution is 0.883. The average Bonchev–Trinajstić information content (AvgIpc) is 2.99. The van der Waals surface area contributed by atoms with Crippen molar-refractivity contribution >= 4 is 16.8 Å². The first-order chi connectivity index (χ1) is 10.8. The van der Waals surface area contributed by atoms with E-state index in [1.807, 2.05) is 37.3 Å². The van der Waals surface area contributed by atoms with Crippen molar-refractivity contribution in [3.8, 4) is 5.69 Å². The van der Waals surface area contributed by atoms with Crippen molar-refractivity contribution < 1.29 is 0 Å². The van der Waals surface area contributed by atoms with Crippen LogP contribution in [-0.2, 0) is 6.42 Å². The Kier molecular flexibility index (Phi) is 2.72. The zero-order chi connectivity index (χ0) is 15.1. The molecule has 0 fully saturated rings. The van der Waals surface area contributed by atoms with Crippen molar-refractivity contribution in [3.63, 3.8) is 0 Å². The molecule has 22 heavy (non-hydrogen) atoms. The number of benzene rings is 1. The second kappa shape index (κ2) is 4.73. The summed E-state index contributed by atoms with van der Waals surface area (Å²) < 4.78 is 3.11. The van der Waals surface area contributed by atoms with Gasteiger partial charge < -0.3 is 0 Å². The highest BCUT2D eigenvalue weighted by Crippen LogP contribution is 2.11. The Morgan fingerprint density at radius 2 is 1.91 bits per heavy atom. The van der Waals surface area contributed by atoms with Crippen molar-refractivity contribution in [3.05, 3.63) is 58.8 Å². The molecule has 1 aromatic carbocycles. The highest BCUT2D eigenvalue weighted by atomic mass is 16.1. The first-order valence-electron chi connectivity index (χ1n) is 6.97. The number of nitrogens with zero attached hydrogens (tertiary/aromatic N) is 6. The number of para-hydroxylation sites is 1. The monoisotopic (exact) mass is 292 g/mol. The van der Waals surface area contributed by atoms with E-state index in [4.69, 9.17) is 0 Å². The average molecular weight is 292 g/mol. The molecule has 0 saturated carbocycles. The highest BCUT2D eigenvalue weighted by molar-refractivity contribution is 5.74. The number of hydrogen-bond donors (Lipinski definition) is 0. The van der Waals surface area contributed by atoms with E-state index in [0.29, 0.717) is 23.5 Å². The summed E-state index contributed by atoms with van der Waals surface area (Å²) in [7, 11) is 0. The van der Waals surface area contributed by atoms with Crippen molar-refractivity contribution in [2.24, 2.45) is 0 Å². The molecule has 0 amide bonds. The summed E-state index contributed by atoms with van der Waals surface area (Å²) >= 11 is 0. The van der Waals surface area contributed by atoms with Crippen LogP contribution in [-0.4, -0.2) is 29.4 Å². The van der Waals surface area contributed by atoms with E-state index >= 15 is 0 Å². The van der Waals surface area contributed by atoms with E-state index in [1.54, 1.807) is 21.3 Å². The fourth-order valence-electron chi connectivity index (χ4n) is 2.39. The summed E-state index contributed by atoms with van der Waals surface area (Å²) in [5, 5.41) is 12.4. The van der Waals surface area contributed by atoms with Crippen LogP contribution in [0.3, 0.4) is 0 Å². The van der Waals surface area contributed by atoms with Crippen LogP contribution >= 0.6 is 0 Å². The third-order valence-corrected chi connectivity index (χ3v) is 3.50. The third-order valence-electron chi connectivity index (χ3n) is 3.50. The molecule has 4 rings (SSSR count). The minimum Gasteiger partial charge on any atom is -0.282 e. The Hall–Kier alpha value is -3.09. The lowest BCUT2D eigenvalue weighted by Gasteiger charge is -2.06. The Bertz CT molecular complexity index is 1030. The largest absolute Gasteiger partial charge is 0.285 e. The van der Waals surface area contributed by atoms with Crippen molar-refractivity contribution in [1.82, 2.24) is 29.4 Å². The van der Waals surface area contributed by atoms with Crippen LogP contribution in [0.15, 0.2) is 47.4 Å². The van der Waals surface area contributed by atoms with Crippen LogP contribution in [0, 0.1) is 0 Å². The van der Waals surface area contributed by atoms with Crippen molar-refractivity contribution in [1.29, 1.82) is 0 Å². The summed E-state index contributed by atoms with van der Waals surface area (Å²) in [5.74, 6) is 1.08. The molecule has 0 bridgehead atoms. The van der Waals surface area contributed by atoms with E-state index in [1.165, 1.54) is 0 Å². The molecule has 7 nitrogen and oxygen atoms in total. The fraction of sp³-hybridized carbons (Fsp3) is 0.133. The Labute approximate surface area is 124 Å². The zero-order valence-electron chi connectivity index (χ0n) is 11.8. The standard InChI is InChI=1S/C15H12N6O/c1-2-12-16-15-18-17-13-11(21(15)19-12)8-9-20(14(13)22)10-6-4-3-5-7-10/h3-9H,2H2,1H3. The molecule has 0 atom stereocenters. The predicted molar refractivity (Wildman–Crippen MR) is 81.1 cm³/mol. The highest BCUT2D eigenvalue weighted by Gasteiger charge is 2.12. The maximum atomic E-state index is 12.6. The van der Waals surface area contributed by atoms with Crippen LogP contribution in [0.1, 0.15) is 12.7 Å². The molecule has 0 saturated heterocycles. The molecule has 108 valence electrons. The van der Waals surface area contributed by atoms with Crippen molar-refractivity contribution in [2.45, 2.75) is 13.3 Å². The minimum absolute atomic E-state index is 0.230. The quantitative estimate of drug-likeness (QED) is 0.558. The summed E-state index contributed by atoms with van der Waals surface area (Å²) in [5.41, 5.74) is 1.43. The second-order valence-electron chi connectivity index (χ2n) is 4.85. The molecular formula is C15H12N6O. The molecule has 0 radical (unpaired) electrons. The van der Waals surface area contributed by atoms with Crippen LogP contribution in [0.25, 0.3) is 22.5 Å². The van der Waals surface area contributed by atoms with E-state index in [9.17, 15) is 4.79 Å². The lowest BCUT2D eigenvalue weighted by Crippen LogP contribution is -2.20. The van der Waals surface area contributed by atoms with Gasteiger partial charge in [0.2, 0.25) is 0 Å². The van der Waals surface area contributed by atoms with Gasteiger partial charge in [0.15, 0.2) is 11.3 Å². The zero-order valence-corrected chi connectivity index (χ0v) is 11.8. The van der Waals surface area contributed by atoms with E-state index in [2.05, 4.69) is 20.3 Å². The number of fused-ring (bicyclic) bond motifs is 3. The van der Waals surface area contributed by atoms with Gasteiger partial charge in [0, 0.05) is 18.3 Å². The third kappa shape index (κ3) is 1.79. The van der Waals surface area contributed by atoms with Crippen LogP contribution < -0.4 is 5.56 Å². The van der Waals surface area contributed by atoms with E-state index in [0.717, 1.165) is 5.69 Å². The van der Waals surface area contributed by atoms with Gasteiger partial charge in [0.05, 0.1) is 0 Å². The van der Waals surface area contributed by atoms with Gasteiger partial charge in [0.25, 0.3) is 11.3 Å². The summed E-state index contributed by atoms with van der Waals surface area (Å²) in [6.45, 7) is 1.97. The topological polar surface area (TPSA) is 78.0 Å². The molecule has 0 aliphatic carbocycles. The van der Waals surface area contributed by atoms with Gasteiger partial charge in [-0.15, -0.1) is 15.3 Å². The number of rotatable bonds is 2. The molecule has 0 aliphatic heterocycles. The molecule has 3 aromatic heterocycles. The van der Waals surface area contributed by atoms with Crippen LogP contribution in [0.5, 0.6) is 0 Å². The van der Waals surface area contributed by atoms with E-state index < -0.39 is 0 Å². The van der Waals surface area contributed by atoms with Gasteiger partial charge in [0.1, 0.15) is 5.52 Å². The number of aryl methyl sites for hydroxylation is 1. The summed E-state index contributed by atoms with van der Waals surface area (Å²) in [4.78, 5) is 16.9. The molecule has 0 aliphatic rings. The van der Waals surface area contributed by atoms with Crippen LogP contribution in [0.4, 0.5) is 0 Å². The second-order valence-corrected chi connectivity index (χ2v) is 4.85. The maximum absolute atomic E-state index is 12.6. The molecule has 7 heteroatoms. The molecular weight excluding hydrogens is 280 g/mol.